The number of aromatic nitrogens is 4. The van der Waals surface area contributed by atoms with Gasteiger partial charge in [-0.25, -0.2) is 0 Å². The van der Waals surface area contributed by atoms with Crippen molar-refractivity contribution >= 4 is 0 Å². The van der Waals surface area contributed by atoms with E-state index in [4.69, 9.17) is 0 Å². The van der Waals surface area contributed by atoms with E-state index in [1.165, 1.54) is 12.8 Å². The first-order valence-corrected chi connectivity index (χ1v) is 6.24. The number of aryl methyl sites for hydroxylation is 1. The number of hydrogen-bond acceptors (Lipinski definition) is 4. The Labute approximate surface area is 96.6 Å². The molecule has 2 heterocycles. The summed E-state index contributed by atoms with van der Waals surface area (Å²) < 4.78 is 0. The summed E-state index contributed by atoms with van der Waals surface area (Å²) in [5.41, 5.74) is 0. The second-order valence-electron chi connectivity index (χ2n) is 4.97. The number of tetrazole rings is 1. The molecule has 16 heavy (non-hydrogen) atoms. The molecule has 2 rings (SSSR count). The van der Waals surface area contributed by atoms with Crippen LogP contribution in [0, 0.1) is 5.92 Å². The van der Waals surface area contributed by atoms with E-state index in [9.17, 15) is 0 Å². The Morgan fingerprint density at radius 3 is 3.06 bits per heavy atom. The maximum absolute atomic E-state index is 4.46. The van der Waals surface area contributed by atoms with Crippen molar-refractivity contribution in [2.45, 2.75) is 45.6 Å². The molecule has 90 valence electrons. The van der Waals surface area contributed by atoms with Gasteiger partial charge in [0.2, 0.25) is 0 Å². The van der Waals surface area contributed by atoms with Crippen LogP contribution >= 0.6 is 0 Å². The molecule has 1 unspecified atom stereocenters. The molecular weight excluding hydrogens is 202 g/mol. The van der Waals surface area contributed by atoms with Crippen LogP contribution in [0.5, 0.6) is 0 Å². The standard InChI is InChI=1S/C11H21N5/c1-9(2)5-7-16-14-11(13-15-16)10-4-3-6-12-8-10/h9-10,12H,3-8H2,1-2H3. The summed E-state index contributed by atoms with van der Waals surface area (Å²) in [5.74, 6) is 2.06. The zero-order chi connectivity index (χ0) is 11.4. The van der Waals surface area contributed by atoms with E-state index in [1.807, 2.05) is 0 Å². The molecule has 1 aromatic heterocycles. The van der Waals surface area contributed by atoms with Crippen molar-refractivity contribution in [1.82, 2.24) is 25.5 Å². The first kappa shape index (κ1) is 11.5. The lowest BCUT2D eigenvalue weighted by Gasteiger charge is -2.19. The SMILES string of the molecule is CC(C)CCn1nnc(C2CCCNC2)n1. The number of rotatable bonds is 4. The molecule has 0 radical (unpaired) electrons. The maximum Gasteiger partial charge on any atom is 0.179 e. The molecule has 0 spiro atoms. The molecule has 5 heteroatoms. The van der Waals surface area contributed by atoms with Gasteiger partial charge in [-0.05, 0) is 36.9 Å². The van der Waals surface area contributed by atoms with Crippen LogP contribution in [0.15, 0.2) is 0 Å². The smallest absolute Gasteiger partial charge is 0.179 e. The van der Waals surface area contributed by atoms with Crippen LogP contribution in [0.3, 0.4) is 0 Å². The van der Waals surface area contributed by atoms with Gasteiger partial charge in [0.1, 0.15) is 0 Å². The number of nitrogens with zero attached hydrogens (tertiary/aromatic N) is 4. The van der Waals surface area contributed by atoms with Gasteiger partial charge in [-0.15, -0.1) is 10.2 Å². The highest BCUT2D eigenvalue weighted by Crippen LogP contribution is 2.18. The Morgan fingerprint density at radius 1 is 1.50 bits per heavy atom. The van der Waals surface area contributed by atoms with E-state index in [2.05, 4.69) is 34.6 Å². The fourth-order valence-corrected chi connectivity index (χ4v) is 1.96. The average Bonchev–Trinajstić information content (AvgIpc) is 2.76. The molecule has 1 fully saturated rings. The van der Waals surface area contributed by atoms with Crippen molar-refractivity contribution in [2.24, 2.45) is 5.92 Å². The third kappa shape index (κ3) is 3.01. The largest absolute Gasteiger partial charge is 0.316 e. The third-order valence-corrected chi connectivity index (χ3v) is 3.04. The monoisotopic (exact) mass is 223 g/mol. The summed E-state index contributed by atoms with van der Waals surface area (Å²) in [6, 6.07) is 0. The first-order valence-electron chi connectivity index (χ1n) is 6.24. The predicted octanol–water partition coefficient (Wildman–Crippen LogP) is 1.19. The average molecular weight is 223 g/mol. The molecule has 1 aromatic rings. The minimum Gasteiger partial charge on any atom is -0.316 e. The van der Waals surface area contributed by atoms with E-state index in [0.717, 1.165) is 31.9 Å². The number of hydrogen-bond donors (Lipinski definition) is 1. The van der Waals surface area contributed by atoms with E-state index in [1.54, 1.807) is 4.80 Å². The van der Waals surface area contributed by atoms with Gasteiger partial charge < -0.3 is 5.32 Å². The van der Waals surface area contributed by atoms with Crippen molar-refractivity contribution < 1.29 is 0 Å². The van der Waals surface area contributed by atoms with Crippen LogP contribution in [0.4, 0.5) is 0 Å². The van der Waals surface area contributed by atoms with Crippen molar-refractivity contribution in [2.75, 3.05) is 13.1 Å². The summed E-state index contributed by atoms with van der Waals surface area (Å²) in [4.78, 5) is 1.74. The van der Waals surface area contributed by atoms with Gasteiger partial charge in [0, 0.05) is 12.5 Å². The second kappa shape index (κ2) is 5.39. The summed E-state index contributed by atoms with van der Waals surface area (Å²) in [6.45, 7) is 7.42. The molecule has 0 aliphatic carbocycles. The van der Waals surface area contributed by atoms with Crippen LogP contribution in [-0.2, 0) is 6.54 Å². The van der Waals surface area contributed by atoms with E-state index in [0.29, 0.717) is 11.8 Å². The molecular formula is C11H21N5. The van der Waals surface area contributed by atoms with Crippen molar-refractivity contribution in [3.05, 3.63) is 5.82 Å². The molecule has 1 atom stereocenters. The fraction of sp³-hybridized carbons (Fsp3) is 0.909. The number of nitrogens with one attached hydrogen (secondary N) is 1. The van der Waals surface area contributed by atoms with Gasteiger partial charge in [-0.3, -0.25) is 0 Å². The lowest BCUT2D eigenvalue weighted by molar-refractivity contribution is 0.428. The number of piperidine rings is 1. The maximum atomic E-state index is 4.46. The predicted molar refractivity (Wildman–Crippen MR) is 62.1 cm³/mol. The van der Waals surface area contributed by atoms with Gasteiger partial charge in [-0.1, -0.05) is 13.8 Å². The summed E-state index contributed by atoms with van der Waals surface area (Å²) >= 11 is 0. The Balaban J connectivity index is 1.90. The van der Waals surface area contributed by atoms with Crippen LogP contribution < -0.4 is 5.32 Å². The molecule has 1 aliphatic rings. The third-order valence-electron chi connectivity index (χ3n) is 3.04. The minimum atomic E-state index is 0.460. The Morgan fingerprint density at radius 2 is 2.38 bits per heavy atom. The van der Waals surface area contributed by atoms with Crippen LogP contribution in [0.1, 0.15) is 44.9 Å². The molecule has 1 saturated heterocycles. The summed E-state index contributed by atoms with van der Waals surface area (Å²) in [6.07, 6.45) is 3.51. The Kier molecular flexibility index (Phi) is 3.88. The van der Waals surface area contributed by atoms with Crippen LogP contribution in [-0.4, -0.2) is 33.3 Å². The minimum absolute atomic E-state index is 0.460. The Bertz CT molecular complexity index is 314. The lowest BCUT2D eigenvalue weighted by atomic mass is 9.99. The molecule has 0 saturated carbocycles. The van der Waals surface area contributed by atoms with Gasteiger partial charge in [0.15, 0.2) is 5.82 Å². The second-order valence-corrected chi connectivity index (χ2v) is 4.97. The Hall–Kier alpha value is -0.970. The normalized spacial score (nSPS) is 21.6. The van der Waals surface area contributed by atoms with Crippen molar-refractivity contribution in [3.8, 4) is 0 Å². The highest BCUT2D eigenvalue weighted by Gasteiger charge is 2.19. The molecule has 5 nitrogen and oxygen atoms in total. The van der Waals surface area contributed by atoms with Crippen molar-refractivity contribution in [3.63, 3.8) is 0 Å². The van der Waals surface area contributed by atoms with Crippen LogP contribution in [0.2, 0.25) is 0 Å². The molecule has 1 aliphatic heterocycles. The highest BCUT2D eigenvalue weighted by molar-refractivity contribution is 4.94. The fourth-order valence-electron chi connectivity index (χ4n) is 1.96. The van der Waals surface area contributed by atoms with Crippen molar-refractivity contribution in [1.29, 1.82) is 0 Å². The zero-order valence-electron chi connectivity index (χ0n) is 10.2. The van der Waals surface area contributed by atoms with Gasteiger partial charge in [0.25, 0.3) is 0 Å². The first-order chi connectivity index (χ1) is 7.75. The van der Waals surface area contributed by atoms with E-state index in [-0.39, 0.29) is 0 Å². The summed E-state index contributed by atoms with van der Waals surface area (Å²) in [7, 11) is 0. The van der Waals surface area contributed by atoms with Gasteiger partial charge in [-0.2, -0.15) is 4.80 Å². The zero-order valence-corrected chi connectivity index (χ0v) is 10.2. The topological polar surface area (TPSA) is 55.6 Å². The summed E-state index contributed by atoms with van der Waals surface area (Å²) in [5, 5.41) is 16.1. The van der Waals surface area contributed by atoms with Crippen LogP contribution in [0.25, 0.3) is 0 Å². The molecule has 1 N–H and O–H groups in total. The quantitative estimate of drug-likeness (QED) is 0.833. The molecule has 0 amide bonds. The lowest BCUT2D eigenvalue weighted by Crippen LogP contribution is -2.29. The van der Waals surface area contributed by atoms with Gasteiger partial charge >= 0.3 is 0 Å². The molecule has 0 aromatic carbocycles. The van der Waals surface area contributed by atoms with Gasteiger partial charge in [0.05, 0.1) is 6.54 Å². The van der Waals surface area contributed by atoms with E-state index < -0.39 is 0 Å². The highest BCUT2D eigenvalue weighted by atomic mass is 15.6. The van der Waals surface area contributed by atoms with E-state index >= 15 is 0 Å². The molecule has 0 bridgehead atoms.